The third kappa shape index (κ3) is 2.66. The zero-order valence-corrected chi connectivity index (χ0v) is 13.3. The van der Waals surface area contributed by atoms with Crippen molar-refractivity contribution in [1.82, 2.24) is 20.1 Å². The standard InChI is InChI=1S/C17H16N4OS/c22-17(14-9-5-11-23-14)21-10-4-8-13(21)16-18-15(19-20-16)12-6-2-1-3-7-12/h1-3,5-7,9,11,13H,4,8,10H2,(H,18,19,20)/t13-/m0/s1. The Balaban J connectivity index is 1.60. The molecule has 1 aliphatic rings. The molecule has 3 heterocycles. The van der Waals surface area contributed by atoms with Crippen LogP contribution < -0.4 is 0 Å². The number of carbonyl (C=O) groups is 1. The summed E-state index contributed by atoms with van der Waals surface area (Å²) in [7, 11) is 0. The number of hydrogen-bond donors (Lipinski definition) is 1. The molecule has 6 heteroatoms. The highest BCUT2D eigenvalue weighted by atomic mass is 32.1. The van der Waals surface area contributed by atoms with E-state index < -0.39 is 0 Å². The van der Waals surface area contributed by atoms with Crippen LogP contribution >= 0.6 is 11.3 Å². The minimum Gasteiger partial charge on any atom is -0.328 e. The van der Waals surface area contributed by atoms with E-state index in [1.165, 1.54) is 11.3 Å². The van der Waals surface area contributed by atoms with Gasteiger partial charge < -0.3 is 4.90 Å². The van der Waals surface area contributed by atoms with Crippen molar-refractivity contribution in [2.75, 3.05) is 6.54 Å². The monoisotopic (exact) mass is 324 g/mol. The second-order valence-corrected chi connectivity index (χ2v) is 6.49. The average Bonchev–Trinajstić information content (AvgIpc) is 3.35. The Bertz CT molecular complexity index is 797. The van der Waals surface area contributed by atoms with Gasteiger partial charge in [0.05, 0.1) is 10.9 Å². The number of aromatic nitrogens is 3. The smallest absolute Gasteiger partial charge is 0.264 e. The zero-order valence-electron chi connectivity index (χ0n) is 12.5. The zero-order chi connectivity index (χ0) is 15.6. The molecule has 1 atom stereocenters. The van der Waals surface area contributed by atoms with Crippen LogP contribution in [0.25, 0.3) is 11.4 Å². The van der Waals surface area contributed by atoms with Crippen molar-refractivity contribution in [3.63, 3.8) is 0 Å². The lowest BCUT2D eigenvalue weighted by molar-refractivity contribution is 0.0735. The van der Waals surface area contributed by atoms with Crippen LogP contribution in [-0.2, 0) is 0 Å². The lowest BCUT2D eigenvalue weighted by Crippen LogP contribution is -2.30. The molecule has 4 rings (SSSR count). The number of nitrogens with one attached hydrogen (secondary N) is 1. The van der Waals surface area contributed by atoms with E-state index in [1.807, 2.05) is 52.7 Å². The van der Waals surface area contributed by atoms with Crippen LogP contribution in [0.3, 0.4) is 0 Å². The van der Waals surface area contributed by atoms with Crippen molar-refractivity contribution in [2.24, 2.45) is 0 Å². The van der Waals surface area contributed by atoms with Gasteiger partial charge in [-0.3, -0.25) is 9.89 Å². The first-order valence-electron chi connectivity index (χ1n) is 7.65. The summed E-state index contributed by atoms with van der Waals surface area (Å²) in [6.45, 7) is 0.767. The van der Waals surface area contributed by atoms with Gasteiger partial charge in [0.2, 0.25) is 0 Å². The fourth-order valence-corrected chi connectivity index (χ4v) is 3.65. The van der Waals surface area contributed by atoms with Crippen LogP contribution in [0.1, 0.15) is 34.4 Å². The molecule has 1 fully saturated rings. The van der Waals surface area contributed by atoms with Crippen LogP contribution in [0.2, 0.25) is 0 Å². The molecule has 116 valence electrons. The van der Waals surface area contributed by atoms with E-state index in [9.17, 15) is 4.79 Å². The fourth-order valence-electron chi connectivity index (χ4n) is 2.98. The van der Waals surface area contributed by atoms with E-state index in [0.29, 0.717) is 5.82 Å². The van der Waals surface area contributed by atoms with E-state index >= 15 is 0 Å². The molecule has 3 aromatic rings. The van der Waals surface area contributed by atoms with Crippen LogP contribution in [0, 0.1) is 0 Å². The second-order valence-electron chi connectivity index (χ2n) is 5.54. The van der Waals surface area contributed by atoms with Gasteiger partial charge >= 0.3 is 0 Å². The molecule has 1 saturated heterocycles. The summed E-state index contributed by atoms with van der Waals surface area (Å²) >= 11 is 1.48. The van der Waals surface area contributed by atoms with Gasteiger partial charge in [0.25, 0.3) is 5.91 Å². The van der Waals surface area contributed by atoms with E-state index in [-0.39, 0.29) is 11.9 Å². The minimum atomic E-state index is -0.0189. The first kappa shape index (κ1) is 14.1. The molecule has 0 radical (unpaired) electrons. The normalized spacial score (nSPS) is 17.6. The number of hydrogen-bond acceptors (Lipinski definition) is 4. The lowest BCUT2D eigenvalue weighted by atomic mass is 10.2. The van der Waals surface area contributed by atoms with Crippen molar-refractivity contribution in [1.29, 1.82) is 0 Å². The molecule has 5 nitrogen and oxygen atoms in total. The number of benzene rings is 1. The number of rotatable bonds is 3. The molecule has 0 saturated carbocycles. The van der Waals surface area contributed by atoms with Gasteiger partial charge in [-0.2, -0.15) is 5.10 Å². The van der Waals surface area contributed by atoms with E-state index in [1.54, 1.807) is 0 Å². The van der Waals surface area contributed by atoms with Crippen molar-refractivity contribution in [3.8, 4) is 11.4 Å². The summed E-state index contributed by atoms with van der Waals surface area (Å²) in [6, 6.07) is 13.6. The predicted molar refractivity (Wildman–Crippen MR) is 89.1 cm³/mol. The van der Waals surface area contributed by atoms with E-state index in [0.717, 1.165) is 35.7 Å². The second kappa shape index (κ2) is 5.96. The summed E-state index contributed by atoms with van der Waals surface area (Å²) in [4.78, 5) is 19.9. The third-order valence-electron chi connectivity index (χ3n) is 4.10. The number of aromatic amines is 1. The summed E-state index contributed by atoms with van der Waals surface area (Å²) in [6.07, 6.45) is 1.91. The molecular formula is C17H16N4OS. The van der Waals surface area contributed by atoms with Crippen LogP contribution in [0.15, 0.2) is 47.8 Å². The average molecular weight is 324 g/mol. The van der Waals surface area contributed by atoms with Gasteiger partial charge in [-0.15, -0.1) is 11.3 Å². The molecule has 1 N–H and O–H groups in total. The van der Waals surface area contributed by atoms with Gasteiger partial charge in [0.1, 0.15) is 5.82 Å². The molecule has 23 heavy (non-hydrogen) atoms. The molecule has 1 aliphatic heterocycles. The quantitative estimate of drug-likeness (QED) is 0.802. The number of nitrogens with zero attached hydrogens (tertiary/aromatic N) is 3. The number of carbonyl (C=O) groups excluding carboxylic acids is 1. The number of thiophene rings is 1. The van der Waals surface area contributed by atoms with Crippen LogP contribution in [0.5, 0.6) is 0 Å². The maximum atomic E-state index is 12.6. The molecule has 0 spiro atoms. The van der Waals surface area contributed by atoms with Crippen LogP contribution in [-0.4, -0.2) is 32.5 Å². The molecule has 1 amide bonds. The highest BCUT2D eigenvalue weighted by Gasteiger charge is 2.33. The summed E-state index contributed by atoms with van der Waals surface area (Å²) < 4.78 is 0. The predicted octanol–water partition coefficient (Wildman–Crippen LogP) is 3.51. The SMILES string of the molecule is O=C(c1cccs1)N1CCC[C@H]1c1nc(-c2ccccc2)n[nH]1. The minimum absolute atomic E-state index is 0.0189. The summed E-state index contributed by atoms with van der Waals surface area (Å²) in [5.41, 5.74) is 0.976. The molecule has 0 unspecified atom stereocenters. The fraction of sp³-hybridized carbons (Fsp3) is 0.235. The Hall–Kier alpha value is -2.47. The maximum Gasteiger partial charge on any atom is 0.264 e. The van der Waals surface area contributed by atoms with Gasteiger partial charge in [0.15, 0.2) is 5.82 Å². The maximum absolute atomic E-state index is 12.6. The molecule has 2 aromatic heterocycles. The van der Waals surface area contributed by atoms with Crippen LogP contribution in [0.4, 0.5) is 0 Å². The Morgan fingerprint density at radius 3 is 2.87 bits per heavy atom. The van der Waals surface area contributed by atoms with Crippen molar-refractivity contribution in [2.45, 2.75) is 18.9 Å². The summed E-state index contributed by atoms with van der Waals surface area (Å²) in [5.74, 6) is 1.53. The molecule has 1 aromatic carbocycles. The number of amides is 1. The highest BCUT2D eigenvalue weighted by Crippen LogP contribution is 2.32. The van der Waals surface area contributed by atoms with Crippen molar-refractivity contribution < 1.29 is 4.79 Å². The van der Waals surface area contributed by atoms with Gasteiger partial charge in [-0.25, -0.2) is 4.98 Å². The molecule has 0 bridgehead atoms. The van der Waals surface area contributed by atoms with Crippen molar-refractivity contribution >= 4 is 17.2 Å². The van der Waals surface area contributed by atoms with Gasteiger partial charge in [0, 0.05) is 12.1 Å². The first-order chi connectivity index (χ1) is 11.3. The number of likely N-dealkylation sites (tertiary alicyclic amines) is 1. The third-order valence-corrected chi connectivity index (χ3v) is 4.95. The van der Waals surface area contributed by atoms with Gasteiger partial charge in [-0.1, -0.05) is 36.4 Å². The highest BCUT2D eigenvalue weighted by molar-refractivity contribution is 7.12. The first-order valence-corrected chi connectivity index (χ1v) is 8.53. The lowest BCUT2D eigenvalue weighted by Gasteiger charge is -2.22. The van der Waals surface area contributed by atoms with E-state index in [2.05, 4.69) is 15.2 Å². The Labute approximate surface area is 138 Å². The van der Waals surface area contributed by atoms with E-state index in [4.69, 9.17) is 0 Å². The molecule has 0 aliphatic carbocycles. The Kier molecular flexibility index (Phi) is 3.67. The largest absolute Gasteiger partial charge is 0.328 e. The summed E-state index contributed by atoms with van der Waals surface area (Å²) in [5, 5.41) is 9.27. The molecular weight excluding hydrogens is 308 g/mol. The Morgan fingerprint density at radius 2 is 2.09 bits per heavy atom. The Morgan fingerprint density at radius 1 is 1.22 bits per heavy atom. The van der Waals surface area contributed by atoms with Gasteiger partial charge in [-0.05, 0) is 24.3 Å². The number of H-pyrrole nitrogens is 1. The van der Waals surface area contributed by atoms with Crippen molar-refractivity contribution in [3.05, 3.63) is 58.5 Å². The topological polar surface area (TPSA) is 61.9 Å².